The van der Waals surface area contributed by atoms with Crippen molar-refractivity contribution >= 4 is 5.91 Å². The van der Waals surface area contributed by atoms with Crippen molar-refractivity contribution in [3.63, 3.8) is 0 Å². The summed E-state index contributed by atoms with van der Waals surface area (Å²) in [5.74, 6) is -0.382. The number of fused-ring (bicyclic) bond motifs is 1. The van der Waals surface area contributed by atoms with E-state index in [0.29, 0.717) is 5.69 Å². The first-order valence-corrected chi connectivity index (χ1v) is 8.61. The molecular weight excluding hydrogens is 329 g/mol. The fourth-order valence-corrected chi connectivity index (χ4v) is 3.62. The van der Waals surface area contributed by atoms with E-state index in [4.69, 9.17) is 0 Å². The molecule has 2 aromatic carbocycles. The fraction of sp³-hybridized carbons (Fsp3) is 0.238. The number of nitrogens with one attached hydrogen (secondary N) is 1. The molecule has 2 heterocycles. The summed E-state index contributed by atoms with van der Waals surface area (Å²) >= 11 is 0. The van der Waals surface area contributed by atoms with E-state index in [1.54, 1.807) is 12.1 Å². The molecule has 0 saturated heterocycles. The molecule has 1 unspecified atom stereocenters. The lowest BCUT2D eigenvalue weighted by Gasteiger charge is -2.37. The summed E-state index contributed by atoms with van der Waals surface area (Å²) < 4.78 is 13.5. The summed E-state index contributed by atoms with van der Waals surface area (Å²) in [6.07, 6.45) is 0. The molecule has 1 amide bonds. The van der Waals surface area contributed by atoms with Gasteiger partial charge in [0.05, 0.1) is 11.7 Å². The van der Waals surface area contributed by atoms with Gasteiger partial charge >= 0.3 is 0 Å². The predicted molar refractivity (Wildman–Crippen MR) is 98.2 cm³/mol. The fourth-order valence-electron chi connectivity index (χ4n) is 3.62. The monoisotopic (exact) mass is 349 g/mol. The average Bonchev–Trinajstić information content (AvgIpc) is 3.15. The quantitative estimate of drug-likeness (QED) is 0.737. The van der Waals surface area contributed by atoms with Crippen molar-refractivity contribution in [2.24, 2.45) is 0 Å². The molecule has 1 aliphatic heterocycles. The molecule has 0 fully saturated rings. The summed E-state index contributed by atoms with van der Waals surface area (Å²) in [6, 6.07) is 15.8. The number of H-pyrrole nitrogens is 1. The van der Waals surface area contributed by atoms with E-state index < -0.39 is 5.54 Å². The number of hydrogen-bond donors (Lipinski definition) is 1. The van der Waals surface area contributed by atoms with Crippen LogP contribution in [0.2, 0.25) is 0 Å². The molecular formula is C21H20FN3O. The standard InChI is InChI=1S/C21H20FN3O/c1-21(2,3)25-19(14-9-11-15(22)12-10-14)16-17(13-7-5-4-6-8-13)23-24-18(16)20(25)26/h4-12,19H,1-3H3,(H,23,24). The Morgan fingerprint density at radius 1 is 1.04 bits per heavy atom. The topological polar surface area (TPSA) is 49.0 Å². The number of rotatable bonds is 2. The highest BCUT2D eigenvalue weighted by atomic mass is 19.1. The van der Waals surface area contributed by atoms with Crippen LogP contribution < -0.4 is 0 Å². The van der Waals surface area contributed by atoms with Gasteiger partial charge in [0.1, 0.15) is 11.5 Å². The average molecular weight is 349 g/mol. The molecule has 0 saturated carbocycles. The number of nitrogens with zero attached hydrogens (tertiary/aromatic N) is 2. The van der Waals surface area contributed by atoms with Crippen molar-refractivity contribution < 1.29 is 9.18 Å². The number of carbonyl (C=O) groups excluding carboxylic acids is 1. The first-order valence-electron chi connectivity index (χ1n) is 8.61. The van der Waals surface area contributed by atoms with Crippen LogP contribution in [0.25, 0.3) is 11.3 Å². The minimum absolute atomic E-state index is 0.0866. The zero-order valence-corrected chi connectivity index (χ0v) is 15.0. The molecule has 3 aromatic rings. The highest BCUT2D eigenvalue weighted by molar-refractivity contribution is 6.00. The van der Waals surface area contributed by atoms with Crippen molar-refractivity contribution in [3.05, 3.63) is 77.2 Å². The third kappa shape index (κ3) is 2.51. The number of benzene rings is 2. The van der Waals surface area contributed by atoms with E-state index in [9.17, 15) is 9.18 Å². The van der Waals surface area contributed by atoms with Crippen LogP contribution in [0.15, 0.2) is 54.6 Å². The Labute approximate surface area is 151 Å². The SMILES string of the molecule is CC(C)(C)N1C(=O)c2[nH]nc(-c3ccccc3)c2C1c1ccc(F)cc1. The smallest absolute Gasteiger partial charge is 0.273 e. The number of carbonyl (C=O) groups is 1. The van der Waals surface area contributed by atoms with Crippen LogP contribution in [0.5, 0.6) is 0 Å². The van der Waals surface area contributed by atoms with Gasteiger partial charge in [-0.1, -0.05) is 42.5 Å². The largest absolute Gasteiger partial charge is 0.321 e. The molecule has 0 bridgehead atoms. The van der Waals surface area contributed by atoms with E-state index in [1.165, 1.54) is 12.1 Å². The van der Waals surface area contributed by atoms with Gasteiger partial charge in [0, 0.05) is 16.7 Å². The summed E-state index contributed by atoms with van der Waals surface area (Å²) in [4.78, 5) is 15.0. The number of aromatic amines is 1. The second-order valence-electron chi connectivity index (χ2n) is 7.53. The minimum Gasteiger partial charge on any atom is -0.321 e. The number of amides is 1. The maximum atomic E-state index is 13.5. The molecule has 132 valence electrons. The number of halogens is 1. The molecule has 4 rings (SSSR count). The Kier molecular flexibility index (Phi) is 3.68. The lowest BCUT2D eigenvalue weighted by atomic mass is 9.93. The van der Waals surface area contributed by atoms with Crippen LogP contribution in [0.4, 0.5) is 4.39 Å². The van der Waals surface area contributed by atoms with Crippen LogP contribution in [0.3, 0.4) is 0 Å². The molecule has 1 aromatic heterocycles. The van der Waals surface area contributed by atoms with Gasteiger partial charge in [0.15, 0.2) is 0 Å². The summed E-state index contributed by atoms with van der Waals surface area (Å²) in [5, 5.41) is 7.35. The summed E-state index contributed by atoms with van der Waals surface area (Å²) in [5.41, 5.74) is 3.53. The van der Waals surface area contributed by atoms with Gasteiger partial charge in [-0.3, -0.25) is 9.89 Å². The molecule has 0 radical (unpaired) electrons. The van der Waals surface area contributed by atoms with Gasteiger partial charge in [0.2, 0.25) is 0 Å². The minimum atomic E-state index is -0.399. The van der Waals surface area contributed by atoms with Gasteiger partial charge in [-0.2, -0.15) is 5.10 Å². The van der Waals surface area contributed by atoms with Crippen molar-refractivity contribution in [2.45, 2.75) is 32.4 Å². The first kappa shape index (κ1) is 16.5. The van der Waals surface area contributed by atoms with E-state index in [2.05, 4.69) is 10.2 Å². The van der Waals surface area contributed by atoms with Crippen molar-refractivity contribution in [1.82, 2.24) is 15.1 Å². The van der Waals surface area contributed by atoms with Crippen LogP contribution in [-0.2, 0) is 0 Å². The highest BCUT2D eigenvalue weighted by Crippen LogP contribution is 2.45. The van der Waals surface area contributed by atoms with E-state index in [0.717, 1.165) is 22.4 Å². The second-order valence-corrected chi connectivity index (χ2v) is 7.53. The predicted octanol–water partition coefficient (Wildman–Crippen LogP) is 4.56. The van der Waals surface area contributed by atoms with E-state index >= 15 is 0 Å². The van der Waals surface area contributed by atoms with Gasteiger partial charge < -0.3 is 4.90 Å². The Bertz CT molecular complexity index is 955. The molecule has 4 nitrogen and oxygen atoms in total. The third-order valence-electron chi connectivity index (χ3n) is 4.72. The lowest BCUT2D eigenvalue weighted by molar-refractivity contribution is 0.0546. The molecule has 0 aliphatic carbocycles. The zero-order valence-electron chi connectivity index (χ0n) is 15.0. The maximum absolute atomic E-state index is 13.5. The highest BCUT2D eigenvalue weighted by Gasteiger charge is 2.46. The van der Waals surface area contributed by atoms with Crippen LogP contribution in [0.1, 0.15) is 48.4 Å². The zero-order chi connectivity index (χ0) is 18.5. The number of hydrogen-bond acceptors (Lipinski definition) is 2. The van der Waals surface area contributed by atoms with Crippen molar-refractivity contribution in [2.75, 3.05) is 0 Å². The number of aromatic nitrogens is 2. The van der Waals surface area contributed by atoms with E-state index in [1.807, 2.05) is 56.0 Å². The van der Waals surface area contributed by atoms with Gasteiger partial charge in [-0.25, -0.2) is 4.39 Å². The van der Waals surface area contributed by atoms with Crippen molar-refractivity contribution in [1.29, 1.82) is 0 Å². The summed E-state index contributed by atoms with van der Waals surface area (Å²) in [7, 11) is 0. The van der Waals surface area contributed by atoms with Crippen LogP contribution >= 0.6 is 0 Å². The van der Waals surface area contributed by atoms with Gasteiger partial charge in [-0.15, -0.1) is 0 Å². The van der Waals surface area contributed by atoms with E-state index in [-0.39, 0.29) is 17.8 Å². The van der Waals surface area contributed by atoms with Gasteiger partial charge in [0.25, 0.3) is 5.91 Å². The molecule has 0 spiro atoms. The van der Waals surface area contributed by atoms with Gasteiger partial charge in [-0.05, 0) is 38.5 Å². The molecule has 1 atom stereocenters. The third-order valence-corrected chi connectivity index (χ3v) is 4.72. The Hall–Kier alpha value is -2.95. The van der Waals surface area contributed by atoms with Crippen molar-refractivity contribution in [3.8, 4) is 11.3 Å². The molecule has 5 heteroatoms. The Morgan fingerprint density at radius 3 is 2.31 bits per heavy atom. The Balaban J connectivity index is 1.94. The van der Waals surface area contributed by atoms with Crippen LogP contribution in [-0.4, -0.2) is 26.5 Å². The first-order chi connectivity index (χ1) is 12.4. The molecule has 1 aliphatic rings. The normalized spacial score (nSPS) is 16.8. The Morgan fingerprint density at radius 2 is 1.69 bits per heavy atom. The van der Waals surface area contributed by atoms with Crippen LogP contribution in [0, 0.1) is 5.82 Å². The summed E-state index contributed by atoms with van der Waals surface area (Å²) in [6.45, 7) is 6.01. The maximum Gasteiger partial charge on any atom is 0.273 e. The lowest BCUT2D eigenvalue weighted by Crippen LogP contribution is -2.44. The molecule has 1 N–H and O–H groups in total. The second kappa shape index (κ2) is 5.80. The molecule has 26 heavy (non-hydrogen) atoms.